The normalized spacial score (nSPS) is 11.5. The monoisotopic (exact) mass is 270 g/mol. The second kappa shape index (κ2) is 6.45. The Hall–Kier alpha value is -1.03. The Bertz CT molecular complexity index is 322. The summed E-state index contributed by atoms with van der Waals surface area (Å²) in [7, 11) is 0. The highest BCUT2D eigenvalue weighted by Crippen LogP contribution is 2.10. The van der Waals surface area contributed by atoms with E-state index in [9.17, 15) is 0 Å². The molecule has 0 saturated heterocycles. The van der Waals surface area contributed by atoms with Crippen LogP contribution in [0.25, 0.3) is 0 Å². The lowest BCUT2D eigenvalue weighted by molar-refractivity contribution is 0.141. The highest BCUT2D eigenvalue weighted by atomic mass is 79.9. The highest BCUT2D eigenvalue weighted by molar-refractivity contribution is 9.10. The minimum atomic E-state index is 0.415. The van der Waals surface area contributed by atoms with Crippen molar-refractivity contribution >= 4 is 21.8 Å². The fraction of sp³-hybridized carbons (Fsp3) is 0.364. The van der Waals surface area contributed by atoms with Crippen molar-refractivity contribution < 1.29 is 4.84 Å². The van der Waals surface area contributed by atoms with E-state index in [-0.39, 0.29) is 0 Å². The van der Waals surface area contributed by atoms with Crippen molar-refractivity contribution in [3.05, 3.63) is 34.3 Å². The van der Waals surface area contributed by atoms with Crippen LogP contribution in [-0.2, 0) is 4.84 Å². The van der Waals surface area contributed by atoms with Gasteiger partial charge in [0.2, 0.25) is 0 Å². The molecule has 1 aromatic carbocycles. The van der Waals surface area contributed by atoms with E-state index in [0.29, 0.717) is 12.4 Å². The zero-order chi connectivity index (χ0) is 11.1. The molecule has 0 aromatic heterocycles. The molecule has 0 saturated carbocycles. The molecule has 82 valence electrons. The fourth-order valence-corrected chi connectivity index (χ4v) is 1.26. The molecule has 0 bridgehead atoms. The molecule has 0 aliphatic heterocycles. The molecular weight excluding hydrogens is 256 g/mol. The topological polar surface area (TPSA) is 47.6 Å². The summed E-state index contributed by atoms with van der Waals surface area (Å²) in [5, 5.41) is 3.84. The van der Waals surface area contributed by atoms with Gasteiger partial charge in [-0.25, -0.2) is 0 Å². The number of benzene rings is 1. The summed E-state index contributed by atoms with van der Waals surface area (Å²) in [5.74, 6) is 0.415. The number of nitrogens with two attached hydrogens (primary N) is 1. The summed E-state index contributed by atoms with van der Waals surface area (Å²) in [6, 6.07) is 7.63. The van der Waals surface area contributed by atoms with Gasteiger partial charge in [-0.1, -0.05) is 46.6 Å². The zero-order valence-electron chi connectivity index (χ0n) is 8.74. The molecule has 0 atom stereocenters. The van der Waals surface area contributed by atoms with E-state index in [0.717, 1.165) is 22.9 Å². The van der Waals surface area contributed by atoms with Gasteiger partial charge in [0.25, 0.3) is 0 Å². The van der Waals surface area contributed by atoms with Gasteiger partial charge in [-0.2, -0.15) is 0 Å². The van der Waals surface area contributed by atoms with Gasteiger partial charge in [0, 0.05) is 10.0 Å². The van der Waals surface area contributed by atoms with E-state index in [2.05, 4.69) is 28.0 Å². The van der Waals surface area contributed by atoms with Crippen LogP contribution in [0.1, 0.15) is 25.3 Å². The van der Waals surface area contributed by atoms with E-state index < -0.39 is 0 Å². The molecule has 4 heteroatoms. The van der Waals surface area contributed by atoms with Gasteiger partial charge in [-0.05, 0) is 18.6 Å². The standard InChI is InChI=1S/C11H15BrN2O/c1-2-3-8-15-14-11(13)9-4-6-10(12)7-5-9/h4-7H,2-3,8H2,1H3,(H2,13,14). The minimum absolute atomic E-state index is 0.415. The summed E-state index contributed by atoms with van der Waals surface area (Å²) in [4.78, 5) is 5.07. The summed E-state index contributed by atoms with van der Waals surface area (Å²) < 4.78 is 1.02. The quantitative estimate of drug-likeness (QED) is 0.387. The van der Waals surface area contributed by atoms with Gasteiger partial charge >= 0.3 is 0 Å². The number of hydrogen-bond donors (Lipinski definition) is 1. The molecule has 0 amide bonds. The Balaban J connectivity index is 2.52. The number of amidine groups is 1. The third-order valence-electron chi connectivity index (χ3n) is 1.89. The number of unbranched alkanes of at least 4 members (excludes halogenated alkanes) is 1. The largest absolute Gasteiger partial charge is 0.394 e. The second-order valence-electron chi connectivity index (χ2n) is 3.17. The SMILES string of the molecule is CCCCO/N=C(/N)c1ccc(Br)cc1. The van der Waals surface area contributed by atoms with Crippen LogP contribution in [0.5, 0.6) is 0 Å². The molecule has 0 heterocycles. The Morgan fingerprint density at radius 1 is 1.40 bits per heavy atom. The van der Waals surface area contributed by atoms with Crippen LogP contribution < -0.4 is 5.73 Å². The highest BCUT2D eigenvalue weighted by Gasteiger charge is 1.98. The summed E-state index contributed by atoms with van der Waals surface area (Å²) in [6.07, 6.45) is 2.09. The number of halogens is 1. The third-order valence-corrected chi connectivity index (χ3v) is 2.42. The van der Waals surface area contributed by atoms with Crippen molar-refractivity contribution in [2.75, 3.05) is 6.61 Å². The van der Waals surface area contributed by atoms with Crippen molar-refractivity contribution in [1.82, 2.24) is 0 Å². The van der Waals surface area contributed by atoms with Gasteiger partial charge in [0.1, 0.15) is 6.61 Å². The van der Waals surface area contributed by atoms with E-state index in [1.54, 1.807) is 0 Å². The Labute approximate surface area is 98.4 Å². The molecule has 0 spiro atoms. The average Bonchev–Trinajstić information content (AvgIpc) is 2.25. The molecule has 1 rings (SSSR count). The first-order chi connectivity index (χ1) is 7.24. The number of nitrogens with zero attached hydrogens (tertiary/aromatic N) is 1. The van der Waals surface area contributed by atoms with Crippen LogP contribution in [0.4, 0.5) is 0 Å². The molecule has 1 aromatic rings. The van der Waals surface area contributed by atoms with E-state index in [4.69, 9.17) is 10.6 Å². The minimum Gasteiger partial charge on any atom is -0.394 e. The van der Waals surface area contributed by atoms with Crippen LogP contribution >= 0.6 is 15.9 Å². The molecule has 0 fully saturated rings. The Morgan fingerprint density at radius 2 is 2.07 bits per heavy atom. The summed E-state index contributed by atoms with van der Waals surface area (Å²) in [5.41, 5.74) is 6.61. The fourth-order valence-electron chi connectivity index (χ4n) is 0.997. The third kappa shape index (κ3) is 4.34. The molecule has 0 aliphatic carbocycles. The van der Waals surface area contributed by atoms with Gasteiger partial charge in [0.15, 0.2) is 5.84 Å². The van der Waals surface area contributed by atoms with Crippen LogP contribution in [-0.4, -0.2) is 12.4 Å². The Kier molecular flexibility index (Phi) is 5.18. The molecule has 2 N–H and O–H groups in total. The van der Waals surface area contributed by atoms with Crippen molar-refractivity contribution in [1.29, 1.82) is 0 Å². The maximum absolute atomic E-state index is 5.74. The van der Waals surface area contributed by atoms with E-state index in [1.165, 1.54) is 0 Å². The van der Waals surface area contributed by atoms with Crippen molar-refractivity contribution in [3.8, 4) is 0 Å². The first-order valence-electron chi connectivity index (χ1n) is 4.95. The van der Waals surface area contributed by atoms with Crippen molar-refractivity contribution in [2.45, 2.75) is 19.8 Å². The molecule has 3 nitrogen and oxygen atoms in total. The lowest BCUT2D eigenvalue weighted by Gasteiger charge is -2.01. The smallest absolute Gasteiger partial charge is 0.170 e. The van der Waals surface area contributed by atoms with Crippen LogP contribution in [0, 0.1) is 0 Å². The number of oxime groups is 1. The van der Waals surface area contributed by atoms with Crippen molar-refractivity contribution in [3.63, 3.8) is 0 Å². The molecule has 0 unspecified atom stereocenters. The van der Waals surface area contributed by atoms with Crippen LogP contribution in [0.3, 0.4) is 0 Å². The van der Waals surface area contributed by atoms with E-state index in [1.807, 2.05) is 24.3 Å². The molecule has 0 radical (unpaired) electrons. The van der Waals surface area contributed by atoms with Crippen LogP contribution in [0.2, 0.25) is 0 Å². The van der Waals surface area contributed by atoms with Gasteiger partial charge in [-0.3, -0.25) is 0 Å². The first-order valence-corrected chi connectivity index (χ1v) is 5.74. The summed E-state index contributed by atoms with van der Waals surface area (Å²) in [6.45, 7) is 2.72. The van der Waals surface area contributed by atoms with Crippen LogP contribution in [0.15, 0.2) is 33.9 Å². The maximum atomic E-state index is 5.74. The predicted molar refractivity (Wildman–Crippen MR) is 65.7 cm³/mol. The van der Waals surface area contributed by atoms with Gasteiger partial charge in [-0.15, -0.1) is 0 Å². The Morgan fingerprint density at radius 3 is 2.67 bits per heavy atom. The lowest BCUT2D eigenvalue weighted by atomic mass is 10.2. The zero-order valence-corrected chi connectivity index (χ0v) is 10.3. The number of rotatable bonds is 5. The van der Waals surface area contributed by atoms with E-state index >= 15 is 0 Å². The number of hydrogen-bond acceptors (Lipinski definition) is 2. The van der Waals surface area contributed by atoms with Gasteiger partial charge in [0.05, 0.1) is 0 Å². The molecule has 15 heavy (non-hydrogen) atoms. The predicted octanol–water partition coefficient (Wildman–Crippen LogP) is 2.89. The maximum Gasteiger partial charge on any atom is 0.170 e. The first kappa shape index (κ1) is 12.0. The average molecular weight is 271 g/mol. The summed E-state index contributed by atoms with van der Waals surface area (Å²) >= 11 is 3.36. The van der Waals surface area contributed by atoms with Gasteiger partial charge < -0.3 is 10.6 Å². The second-order valence-corrected chi connectivity index (χ2v) is 4.09. The lowest BCUT2D eigenvalue weighted by Crippen LogP contribution is -2.13. The van der Waals surface area contributed by atoms with Crippen molar-refractivity contribution in [2.24, 2.45) is 10.9 Å². The molecule has 0 aliphatic rings. The molecular formula is C11H15BrN2O.